The predicted octanol–water partition coefficient (Wildman–Crippen LogP) is 2.01. The zero-order chi connectivity index (χ0) is 5.91. The van der Waals surface area contributed by atoms with Gasteiger partial charge in [0.25, 0.3) is 0 Å². The Labute approximate surface area is 110 Å². The zero-order valence-electron chi connectivity index (χ0n) is 6.48. The second-order valence-corrected chi connectivity index (χ2v) is 6.77. The van der Waals surface area contributed by atoms with Gasteiger partial charge in [0.1, 0.15) is 0 Å². The fraction of sp³-hybridized carbons (Fsp3) is 0.800. The summed E-state index contributed by atoms with van der Waals surface area (Å²) >= 11 is 0. The molecule has 0 fully saturated rings. The van der Waals surface area contributed by atoms with Crippen LogP contribution in [0.4, 0.5) is 0 Å². The van der Waals surface area contributed by atoms with Crippen LogP contribution in [0.1, 0.15) is 6.92 Å². The Hall–Kier alpha value is 2.38. The van der Waals surface area contributed by atoms with E-state index in [-0.39, 0.29) is 65.4 Å². The summed E-state index contributed by atoms with van der Waals surface area (Å²) in [6.07, 6.45) is 0. The number of hydrogen-bond donors (Lipinski definition) is 0. The van der Waals surface area contributed by atoms with E-state index in [9.17, 15) is 0 Å². The molecule has 0 N–H and O–H groups in total. The number of rotatable bonds is 2. The van der Waals surface area contributed by atoms with Crippen LogP contribution in [0.25, 0.3) is 0 Å². The molecule has 2 radical (unpaired) electrons. The van der Waals surface area contributed by atoms with Crippen molar-refractivity contribution >= 4 is 8.32 Å². The molecule has 0 bridgehead atoms. The van der Waals surface area contributed by atoms with Crippen molar-refractivity contribution in [3.05, 3.63) is 7.11 Å². The summed E-state index contributed by atoms with van der Waals surface area (Å²) in [6.45, 7) is 6.44. The van der Waals surface area contributed by atoms with Gasteiger partial charge in [-0.15, -0.1) is 0 Å². The first-order valence-electron chi connectivity index (χ1n) is 2.55. The minimum atomic E-state index is -1.26. The van der Waals surface area contributed by atoms with E-state index >= 15 is 0 Å². The van der Waals surface area contributed by atoms with E-state index in [1.54, 1.807) is 0 Å². The molecular formula is C5H13OSiY2-. The Morgan fingerprint density at radius 3 is 1.67 bits per heavy atom. The Kier molecular flexibility index (Phi) is 16.5. The third-order valence-electron chi connectivity index (χ3n) is 1.24. The summed E-state index contributed by atoms with van der Waals surface area (Å²) < 4.78 is 4.98. The molecule has 0 heterocycles. The van der Waals surface area contributed by atoms with Gasteiger partial charge in [-0.1, -0.05) is 6.92 Å². The maximum Gasteiger partial charge on any atom is 0.152 e. The minimum Gasteiger partial charge on any atom is -0.595 e. The van der Waals surface area contributed by atoms with Gasteiger partial charge in [0.2, 0.25) is 0 Å². The minimum absolute atomic E-state index is 0. The van der Waals surface area contributed by atoms with Crippen LogP contribution in [-0.2, 0) is 69.8 Å². The summed E-state index contributed by atoms with van der Waals surface area (Å²) in [5.74, 6) is 0. The summed E-state index contributed by atoms with van der Waals surface area (Å²) in [5, 5.41) is 0. The second kappa shape index (κ2) is 8.48. The van der Waals surface area contributed by atoms with Crippen LogP contribution >= 0.6 is 0 Å². The normalized spacial score (nSPS) is 9.33. The van der Waals surface area contributed by atoms with Crippen LogP contribution in [0.15, 0.2) is 0 Å². The molecule has 0 unspecified atom stereocenters. The first-order chi connectivity index (χ1) is 3.12. The molecule has 0 amide bonds. The summed E-state index contributed by atoms with van der Waals surface area (Å²) in [4.78, 5) is 0. The Balaban J connectivity index is -0.000000180. The van der Waals surface area contributed by atoms with Crippen molar-refractivity contribution in [2.45, 2.75) is 26.1 Å². The maximum absolute atomic E-state index is 4.98. The first kappa shape index (κ1) is 17.5. The molecule has 1 nitrogen and oxygen atoms in total. The summed E-state index contributed by atoms with van der Waals surface area (Å²) in [5.41, 5.74) is 0. The fourth-order valence-electron chi connectivity index (χ4n) is 0.102. The SMILES string of the molecule is [CH2-]O[Si](C)(C)CC.[Y].[Y]. The molecule has 0 aromatic carbocycles. The van der Waals surface area contributed by atoms with Crippen molar-refractivity contribution in [3.63, 3.8) is 0 Å². The van der Waals surface area contributed by atoms with E-state index in [1.165, 1.54) is 0 Å². The molecule has 0 aliphatic heterocycles. The molecule has 0 aromatic heterocycles. The maximum atomic E-state index is 4.98. The first-order valence-corrected chi connectivity index (χ1v) is 5.67. The van der Waals surface area contributed by atoms with Gasteiger partial charge in [-0.25, -0.2) is 7.11 Å². The van der Waals surface area contributed by atoms with Crippen LogP contribution < -0.4 is 0 Å². The van der Waals surface area contributed by atoms with Gasteiger partial charge in [-0.3, -0.25) is 0 Å². The smallest absolute Gasteiger partial charge is 0.152 e. The third kappa shape index (κ3) is 10.4. The van der Waals surface area contributed by atoms with Gasteiger partial charge in [0, 0.05) is 65.4 Å². The molecule has 0 saturated carbocycles. The molecule has 0 spiro atoms. The quantitative estimate of drug-likeness (QED) is 0.559. The average Bonchev–Trinajstić information content (AvgIpc) is 1.68. The average molecular weight is 295 g/mol. The van der Waals surface area contributed by atoms with Gasteiger partial charge >= 0.3 is 0 Å². The van der Waals surface area contributed by atoms with Crippen molar-refractivity contribution in [1.29, 1.82) is 0 Å². The van der Waals surface area contributed by atoms with Gasteiger partial charge in [0.05, 0.1) is 0 Å². The zero-order valence-corrected chi connectivity index (χ0v) is 13.2. The van der Waals surface area contributed by atoms with Crippen LogP contribution in [0.2, 0.25) is 19.1 Å². The van der Waals surface area contributed by atoms with Crippen LogP contribution in [0.3, 0.4) is 0 Å². The predicted molar refractivity (Wildman–Crippen MR) is 34.4 cm³/mol. The molecule has 0 aromatic rings. The Morgan fingerprint density at radius 2 is 1.67 bits per heavy atom. The van der Waals surface area contributed by atoms with E-state index in [0.29, 0.717) is 0 Å². The largest absolute Gasteiger partial charge is 0.595 e. The molecule has 9 heavy (non-hydrogen) atoms. The Bertz CT molecular complexity index is 52.9. The third-order valence-corrected chi connectivity index (χ3v) is 3.73. The van der Waals surface area contributed by atoms with Crippen LogP contribution in [-0.4, -0.2) is 8.32 Å². The van der Waals surface area contributed by atoms with Crippen LogP contribution in [0.5, 0.6) is 0 Å². The fourth-order valence-corrected chi connectivity index (χ4v) is 0.306. The topological polar surface area (TPSA) is 9.23 Å². The van der Waals surface area contributed by atoms with Crippen molar-refractivity contribution in [2.24, 2.45) is 0 Å². The van der Waals surface area contributed by atoms with E-state index in [0.717, 1.165) is 6.04 Å². The molecule has 0 saturated heterocycles. The van der Waals surface area contributed by atoms with E-state index < -0.39 is 8.32 Å². The molecule has 4 heteroatoms. The Morgan fingerprint density at radius 1 is 1.33 bits per heavy atom. The molecule has 0 aliphatic carbocycles. The van der Waals surface area contributed by atoms with Gasteiger partial charge < -0.3 is 4.43 Å². The molecule has 0 atom stereocenters. The van der Waals surface area contributed by atoms with Gasteiger partial charge in [-0.05, 0) is 19.1 Å². The molecular weight excluding hydrogens is 282 g/mol. The van der Waals surface area contributed by atoms with Crippen molar-refractivity contribution in [2.75, 3.05) is 0 Å². The van der Waals surface area contributed by atoms with E-state index in [2.05, 4.69) is 27.1 Å². The second-order valence-electron chi connectivity index (χ2n) is 2.26. The standard InChI is InChI=1S/C5H13OSi.2Y/c1-5-7(3,4)6-2;;/h2,5H2,1,3-4H3;;/q-1;;. The molecule has 0 rings (SSSR count). The number of hydrogen-bond acceptors (Lipinski definition) is 1. The monoisotopic (exact) mass is 295 g/mol. The van der Waals surface area contributed by atoms with Gasteiger partial charge in [0.15, 0.2) is 8.32 Å². The van der Waals surface area contributed by atoms with Gasteiger partial charge in [-0.2, -0.15) is 0 Å². The summed E-state index contributed by atoms with van der Waals surface area (Å²) in [6, 6.07) is 1.15. The van der Waals surface area contributed by atoms with Crippen LogP contribution in [0, 0.1) is 7.11 Å². The molecule has 0 aliphatic rings. The van der Waals surface area contributed by atoms with Crippen molar-refractivity contribution in [1.82, 2.24) is 0 Å². The molecule has 50 valence electrons. The van der Waals surface area contributed by atoms with Crippen molar-refractivity contribution < 1.29 is 69.8 Å². The van der Waals surface area contributed by atoms with E-state index in [4.69, 9.17) is 4.43 Å². The van der Waals surface area contributed by atoms with E-state index in [1.807, 2.05) is 0 Å². The summed E-state index contributed by atoms with van der Waals surface area (Å²) in [7, 11) is 2.13. The van der Waals surface area contributed by atoms with Crippen molar-refractivity contribution in [3.8, 4) is 0 Å².